The number of nitrogens with two attached hydrogens (primary N) is 1. The minimum atomic E-state index is -0.242. The highest BCUT2D eigenvalue weighted by atomic mass is 35.5. The van der Waals surface area contributed by atoms with Gasteiger partial charge in [0, 0.05) is 66.1 Å². The fourth-order valence-electron chi connectivity index (χ4n) is 4.31. The lowest BCUT2D eigenvalue weighted by Gasteiger charge is -2.34. The molecular weight excluding hydrogens is 469 g/mol. The maximum atomic E-state index is 13.2. The summed E-state index contributed by atoms with van der Waals surface area (Å²) in [5.74, 6) is -0.289. The van der Waals surface area contributed by atoms with Crippen LogP contribution in [0.15, 0.2) is 18.2 Å². The van der Waals surface area contributed by atoms with Crippen LogP contribution in [-0.2, 0) is 17.9 Å². The Kier molecular flexibility index (Phi) is 6.97. The fraction of sp³-hybridized carbons (Fsp3) is 0.409. The van der Waals surface area contributed by atoms with Gasteiger partial charge in [0.1, 0.15) is 12.2 Å². The number of aromatic nitrogens is 1. The number of amides is 2. The van der Waals surface area contributed by atoms with Gasteiger partial charge in [-0.05, 0) is 36.4 Å². The van der Waals surface area contributed by atoms with E-state index in [4.69, 9.17) is 28.9 Å². The number of hydrogen-bond donors (Lipinski definition) is 1. The molecule has 0 aliphatic carbocycles. The molecule has 2 N–H and O–H groups in total. The van der Waals surface area contributed by atoms with Crippen molar-refractivity contribution in [3.63, 3.8) is 0 Å². The average Bonchev–Trinajstić information content (AvgIpc) is 3.08. The molecule has 0 bridgehead atoms. The van der Waals surface area contributed by atoms with Crippen molar-refractivity contribution >= 4 is 47.0 Å². The molecule has 2 aliphatic rings. The second-order valence-electron chi connectivity index (χ2n) is 7.86. The molecule has 1 aromatic carbocycles. The number of aryl methyl sites for hydroxylation is 1. The summed E-state index contributed by atoms with van der Waals surface area (Å²) in [5.41, 5.74) is 10.3. The third-order valence-electron chi connectivity index (χ3n) is 6.02. The van der Waals surface area contributed by atoms with Gasteiger partial charge in [0.15, 0.2) is 0 Å². The van der Waals surface area contributed by atoms with E-state index in [2.05, 4.69) is 9.29 Å². The molecule has 0 unspecified atom stereocenters. The first-order valence-corrected chi connectivity index (χ1v) is 12.3. The van der Waals surface area contributed by atoms with E-state index < -0.39 is 0 Å². The van der Waals surface area contributed by atoms with E-state index in [0.29, 0.717) is 41.1 Å². The van der Waals surface area contributed by atoms with E-state index in [1.807, 2.05) is 24.1 Å². The summed E-state index contributed by atoms with van der Waals surface area (Å²) < 4.78 is 2.23. The molecule has 0 saturated carbocycles. The molecule has 1 aromatic heterocycles. The average molecular weight is 494 g/mol. The first kappa shape index (κ1) is 23.3. The highest BCUT2D eigenvalue weighted by molar-refractivity contribution is 7.96. The van der Waals surface area contributed by atoms with E-state index >= 15 is 0 Å². The Morgan fingerprint density at radius 2 is 1.94 bits per heavy atom. The van der Waals surface area contributed by atoms with Crippen LogP contribution in [0.25, 0.3) is 11.1 Å². The van der Waals surface area contributed by atoms with Crippen LogP contribution < -0.4 is 5.73 Å². The molecule has 3 heterocycles. The third-order valence-corrected chi connectivity index (χ3v) is 7.45. The fourth-order valence-corrected chi connectivity index (χ4v) is 5.34. The maximum Gasteiger partial charge on any atom is 0.273 e. The second-order valence-corrected chi connectivity index (χ2v) is 9.58. The Morgan fingerprint density at radius 1 is 1.22 bits per heavy atom. The van der Waals surface area contributed by atoms with Gasteiger partial charge in [-0.3, -0.25) is 9.59 Å². The van der Waals surface area contributed by atoms with E-state index in [1.165, 1.54) is 0 Å². The van der Waals surface area contributed by atoms with Crippen LogP contribution in [0.5, 0.6) is 0 Å². The third kappa shape index (κ3) is 4.34. The predicted molar refractivity (Wildman–Crippen MR) is 129 cm³/mol. The zero-order valence-electron chi connectivity index (χ0n) is 18.0. The van der Waals surface area contributed by atoms with Crippen LogP contribution in [0, 0.1) is 6.92 Å². The van der Waals surface area contributed by atoms with E-state index in [9.17, 15) is 9.59 Å². The number of nitrogens with zero attached hydrogens (tertiary/aromatic N) is 4. The summed E-state index contributed by atoms with van der Waals surface area (Å²) in [7, 11) is 0. The molecular formula is C22H25Cl2N5O2S. The number of pyridine rings is 1. The molecule has 1 fully saturated rings. The number of fused-ring (bicyclic) bond motifs is 1. The van der Waals surface area contributed by atoms with Gasteiger partial charge in [-0.1, -0.05) is 41.2 Å². The molecule has 2 amide bonds. The molecule has 0 spiro atoms. The van der Waals surface area contributed by atoms with Crippen molar-refractivity contribution in [2.24, 2.45) is 5.73 Å². The molecule has 7 nitrogen and oxygen atoms in total. The van der Waals surface area contributed by atoms with Gasteiger partial charge < -0.3 is 15.5 Å². The normalized spacial score (nSPS) is 16.6. The number of benzene rings is 1. The summed E-state index contributed by atoms with van der Waals surface area (Å²) in [6, 6.07) is 5.27. The van der Waals surface area contributed by atoms with Gasteiger partial charge >= 0.3 is 0 Å². The Bertz CT molecular complexity index is 1070. The largest absolute Gasteiger partial charge is 0.339 e. The summed E-state index contributed by atoms with van der Waals surface area (Å²) in [5, 5.41) is 1.01. The van der Waals surface area contributed by atoms with Crippen LogP contribution >= 0.6 is 35.1 Å². The van der Waals surface area contributed by atoms with E-state index in [-0.39, 0.29) is 24.9 Å². The van der Waals surface area contributed by atoms with Crippen molar-refractivity contribution in [2.45, 2.75) is 20.0 Å². The molecule has 0 radical (unpaired) electrons. The Hall–Kier alpha value is -1.84. The van der Waals surface area contributed by atoms with Gasteiger partial charge in [-0.25, -0.2) is 9.29 Å². The van der Waals surface area contributed by atoms with Crippen molar-refractivity contribution in [2.75, 3.05) is 39.0 Å². The predicted octanol–water partition coefficient (Wildman–Crippen LogP) is 3.20. The summed E-state index contributed by atoms with van der Waals surface area (Å²) >= 11 is 14.3. The summed E-state index contributed by atoms with van der Waals surface area (Å²) in [4.78, 5) is 34.0. The number of rotatable bonds is 5. The van der Waals surface area contributed by atoms with Crippen LogP contribution in [0.1, 0.15) is 27.3 Å². The van der Waals surface area contributed by atoms with Gasteiger partial charge in [0.25, 0.3) is 5.91 Å². The molecule has 1 saturated heterocycles. The Morgan fingerprint density at radius 3 is 2.56 bits per heavy atom. The number of halogens is 2. The van der Waals surface area contributed by atoms with Crippen molar-refractivity contribution in [3.05, 3.63) is 50.8 Å². The Balaban J connectivity index is 1.64. The quantitative estimate of drug-likeness (QED) is 0.643. The minimum Gasteiger partial charge on any atom is -0.339 e. The minimum absolute atomic E-state index is 0.0270. The van der Waals surface area contributed by atoms with Crippen LogP contribution in [0.4, 0.5) is 0 Å². The van der Waals surface area contributed by atoms with E-state index in [0.717, 1.165) is 35.3 Å². The number of carbonyl (C=O) groups is 2. The van der Waals surface area contributed by atoms with Crippen LogP contribution in [0.2, 0.25) is 10.0 Å². The number of piperazine rings is 1. The number of carbonyl (C=O) groups excluding carboxylic acids is 2. The highest BCUT2D eigenvalue weighted by Gasteiger charge is 2.35. The van der Waals surface area contributed by atoms with Gasteiger partial charge in [0.05, 0.1) is 0 Å². The SMILES string of the molecule is CSN1CCN(C(=O)CN2Cc3c(nc(C)c(CN)c3-c3ccc(Cl)cc3Cl)C2=O)CC1. The monoisotopic (exact) mass is 493 g/mol. The second kappa shape index (κ2) is 9.57. The molecule has 10 heteroatoms. The lowest BCUT2D eigenvalue weighted by molar-refractivity contribution is -0.133. The lowest BCUT2D eigenvalue weighted by Crippen LogP contribution is -2.49. The Labute approximate surface area is 202 Å². The van der Waals surface area contributed by atoms with Crippen molar-refractivity contribution in [3.8, 4) is 11.1 Å². The van der Waals surface area contributed by atoms with Crippen molar-refractivity contribution < 1.29 is 9.59 Å². The van der Waals surface area contributed by atoms with Gasteiger partial charge in [-0.15, -0.1) is 0 Å². The van der Waals surface area contributed by atoms with Crippen LogP contribution in [0.3, 0.4) is 0 Å². The number of hydrogen-bond acceptors (Lipinski definition) is 6. The van der Waals surface area contributed by atoms with Gasteiger partial charge in [-0.2, -0.15) is 0 Å². The first-order valence-electron chi connectivity index (χ1n) is 10.4. The first-order chi connectivity index (χ1) is 15.3. The van der Waals surface area contributed by atoms with Crippen LogP contribution in [-0.4, -0.2) is 69.9 Å². The molecule has 2 aliphatic heterocycles. The van der Waals surface area contributed by atoms with Crippen molar-refractivity contribution in [1.29, 1.82) is 0 Å². The molecule has 4 rings (SSSR count). The molecule has 32 heavy (non-hydrogen) atoms. The standard InChI is InChI=1S/C22H25Cl2N5O2S/c1-13-16(10-25)20(15-4-3-14(23)9-18(15)24)17-11-28(22(31)21(17)26-13)12-19(30)27-5-7-29(32-2)8-6-27/h3-4,9H,5-8,10-12,25H2,1-2H3. The summed E-state index contributed by atoms with van der Waals surface area (Å²) in [6.07, 6.45) is 2.03. The highest BCUT2D eigenvalue weighted by Crippen LogP contribution is 2.39. The maximum absolute atomic E-state index is 13.2. The van der Waals surface area contributed by atoms with Crippen molar-refractivity contribution in [1.82, 2.24) is 19.1 Å². The topological polar surface area (TPSA) is 82.8 Å². The summed E-state index contributed by atoms with van der Waals surface area (Å²) in [6.45, 7) is 5.37. The molecule has 0 atom stereocenters. The van der Waals surface area contributed by atoms with E-state index in [1.54, 1.807) is 29.0 Å². The molecule has 2 aromatic rings. The van der Waals surface area contributed by atoms with Gasteiger partial charge in [0.2, 0.25) is 5.91 Å². The zero-order valence-corrected chi connectivity index (χ0v) is 20.4. The smallest absolute Gasteiger partial charge is 0.273 e. The molecule has 170 valence electrons. The lowest BCUT2D eigenvalue weighted by atomic mass is 9.93. The zero-order chi connectivity index (χ0) is 23.0.